The van der Waals surface area contributed by atoms with Gasteiger partial charge in [0.25, 0.3) is 0 Å². The summed E-state index contributed by atoms with van der Waals surface area (Å²) in [6, 6.07) is 0.567. The van der Waals surface area contributed by atoms with Gasteiger partial charge in [-0.1, -0.05) is 38.8 Å². The normalized spacial score (nSPS) is 20.8. The van der Waals surface area contributed by atoms with Gasteiger partial charge >= 0.3 is 0 Å². The van der Waals surface area contributed by atoms with Gasteiger partial charge in [0.15, 0.2) is 0 Å². The van der Waals surface area contributed by atoms with Gasteiger partial charge in [0, 0.05) is 11.6 Å². The maximum atomic E-state index is 4.20. The first-order valence-electron chi connectivity index (χ1n) is 7.14. The van der Waals surface area contributed by atoms with Crippen LogP contribution < -0.4 is 5.32 Å². The molecule has 0 bridgehead atoms. The van der Waals surface area contributed by atoms with E-state index in [1.54, 1.807) is 0 Å². The molecule has 2 heteroatoms. The van der Waals surface area contributed by atoms with Crippen LogP contribution in [0, 0.1) is 0 Å². The lowest BCUT2D eigenvalue weighted by Crippen LogP contribution is -2.57. The van der Waals surface area contributed by atoms with E-state index in [1.165, 1.54) is 31.3 Å². The number of likely N-dealkylation sites (N-methyl/N-ethyl adjacent to an activating group) is 2. The summed E-state index contributed by atoms with van der Waals surface area (Å²) in [6.07, 6.45) is 7.63. The zero-order chi connectivity index (χ0) is 12.9. The Kier molecular flexibility index (Phi) is 5.68. The van der Waals surface area contributed by atoms with Crippen LogP contribution in [0.25, 0.3) is 0 Å². The molecule has 0 saturated heterocycles. The Morgan fingerprint density at radius 3 is 2.29 bits per heavy atom. The molecule has 0 spiro atoms. The molecule has 1 atom stereocenters. The molecule has 0 aromatic carbocycles. The molecule has 1 rings (SSSR count). The second-order valence-electron chi connectivity index (χ2n) is 5.62. The van der Waals surface area contributed by atoms with Gasteiger partial charge in [-0.3, -0.25) is 0 Å². The third kappa shape index (κ3) is 3.32. The maximum Gasteiger partial charge on any atom is 0.0359 e. The zero-order valence-electron chi connectivity index (χ0n) is 12.2. The Morgan fingerprint density at radius 2 is 1.88 bits per heavy atom. The summed E-state index contributed by atoms with van der Waals surface area (Å²) < 4.78 is 0. The van der Waals surface area contributed by atoms with E-state index >= 15 is 0 Å². The predicted molar refractivity (Wildman–Crippen MR) is 76.4 cm³/mol. The molecule has 0 aromatic heterocycles. The van der Waals surface area contributed by atoms with E-state index < -0.39 is 0 Å². The van der Waals surface area contributed by atoms with Gasteiger partial charge in [0.2, 0.25) is 0 Å². The first-order valence-corrected chi connectivity index (χ1v) is 7.14. The van der Waals surface area contributed by atoms with Crippen LogP contribution in [0.2, 0.25) is 0 Å². The Morgan fingerprint density at radius 1 is 1.29 bits per heavy atom. The van der Waals surface area contributed by atoms with Crippen LogP contribution in [0.15, 0.2) is 12.2 Å². The van der Waals surface area contributed by atoms with E-state index in [4.69, 9.17) is 0 Å². The molecular weight excluding hydrogens is 208 g/mol. The third-order valence-corrected chi connectivity index (χ3v) is 4.45. The standard InChI is InChI=1S/C15H30N2/c1-6-13(3)12-14(16-7-2)15(17(4)5)10-8-9-11-15/h14,16H,3,6-12H2,1-2,4-5H3. The highest BCUT2D eigenvalue weighted by molar-refractivity contribution is 5.08. The number of rotatable bonds is 7. The Hall–Kier alpha value is -0.340. The summed E-state index contributed by atoms with van der Waals surface area (Å²) in [7, 11) is 4.48. The van der Waals surface area contributed by atoms with Crippen molar-refractivity contribution in [2.45, 2.75) is 64.0 Å². The number of hydrogen-bond donors (Lipinski definition) is 1. The Balaban J connectivity index is 2.81. The highest BCUT2D eigenvalue weighted by Gasteiger charge is 2.42. The average Bonchev–Trinajstić information content (AvgIpc) is 2.78. The molecule has 0 aromatic rings. The second-order valence-corrected chi connectivity index (χ2v) is 5.62. The molecule has 0 amide bonds. The summed E-state index contributed by atoms with van der Waals surface area (Å²) in [4.78, 5) is 2.45. The molecule has 0 radical (unpaired) electrons. The molecule has 0 heterocycles. The summed E-state index contributed by atoms with van der Waals surface area (Å²) in [5, 5.41) is 3.71. The van der Waals surface area contributed by atoms with Crippen molar-refractivity contribution in [2.75, 3.05) is 20.6 Å². The average molecular weight is 238 g/mol. The van der Waals surface area contributed by atoms with Gasteiger partial charge in [0.1, 0.15) is 0 Å². The molecule has 1 saturated carbocycles. The topological polar surface area (TPSA) is 15.3 Å². The largest absolute Gasteiger partial charge is 0.312 e. The maximum absolute atomic E-state index is 4.20. The smallest absolute Gasteiger partial charge is 0.0359 e. The lowest BCUT2D eigenvalue weighted by Gasteiger charge is -2.44. The fourth-order valence-corrected chi connectivity index (χ4v) is 3.23. The van der Waals surface area contributed by atoms with Gasteiger partial charge in [-0.05, 0) is 46.3 Å². The predicted octanol–water partition coefficient (Wildman–Crippen LogP) is 3.20. The van der Waals surface area contributed by atoms with Gasteiger partial charge in [-0.25, -0.2) is 0 Å². The lowest BCUT2D eigenvalue weighted by molar-refractivity contribution is 0.105. The van der Waals surface area contributed by atoms with Crippen molar-refractivity contribution >= 4 is 0 Å². The Labute approximate surface area is 107 Å². The summed E-state index contributed by atoms with van der Waals surface area (Å²) in [5.41, 5.74) is 1.73. The third-order valence-electron chi connectivity index (χ3n) is 4.45. The molecule has 1 unspecified atom stereocenters. The monoisotopic (exact) mass is 238 g/mol. The minimum atomic E-state index is 0.355. The Bertz CT molecular complexity index is 239. The fraction of sp³-hybridized carbons (Fsp3) is 0.867. The van der Waals surface area contributed by atoms with Crippen molar-refractivity contribution in [3.8, 4) is 0 Å². The molecule has 1 N–H and O–H groups in total. The fourth-order valence-electron chi connectivity index (χ4n) is 3.23. The lowest BCUT2D eigenvalue weighted by atomic mass is 9.82. The first-order chi connectivity index (χ1) is 8.06. The van der Waals surface area contributed by atoms with Crippen molar-refractivity contribution in [1.82, 2.24) is 10.2 Å². The molecular formula is C15H30N2. The summed E-state index contributed by atoms with van der Waals surface area (Å²) >= 11 is 0. The minimum absolute atomic E-state index is 0.355. The van der Waals surface area contributed by atoms with Crippen molar-refractivity contribution in [1.29, 1.82) is 0 Å². The van der Waals surface area contributed by atoms with Crippen LogP contribution in [0.3, 0.4) is 0 Å². The summed E-state index contributed by atoms with van der Waals surface area (Å²) in [6.45, 7) is 9.67. The van der Waals surface area contributed by atoms with Crippen LogP contribution in [-0.4, -0.2) is 37.1 Å². The number of nitrogens with zero attached hydrogens (tertiary/aromatic N) is 1. The van der Waals surface area contributed by atoms with Crippen LogP contribution in [-0.2, 0) is 0 Å². The molecule has 17 heavy (non-hydrogen) atoms. The minimum Gasteiger partial charge on any atom is -0.312 e. The summed E-state index contributed by atoms with van der Waals surface area (Å²) in [5.74, 6) is 0. The highest BCUT2D eigenvalue weighted by Crippen LogP contribution is 2.38. The first kappa shape index (κ1) is 14.7. The molecule has 100 valence electrons. The van der Waals surface area contributed by atoms with Crippen LogP contribution >= 0.6 is 0 Å². The molecule has 1 fully saturated rings. The van der Waals surface area contributed by atoms with Crippen LogP contribution in [0.5, 0.6) is 0 Å². The van der Waals surface area contributed by atoms with Crippen molar-refractivity contribution in [3.05, 3.63) is 12.2 Å². The molecule has 1 aliphatic carbocycles. The molecule has 0 aliphatic heterocycles. The van der Waals surface area contributed by atoms with Crippen LogP contribution in [0.1, 0.15) is 52.4 Å². The van der Waals surface area contributed by atoms with Crippen LogP contribution in [0.4, 0.5) is 0 Å². The van der Waals surface area contributed by atoms with E-state index in [1.807, 2.05) is 0 Å². The van der Waals surface area contributed by atoms with E-state index in [2.05, 4.69) is 44.7 Å². The van der Waals surface area contributed by atoms with E-state index in [0.717, 1.165) is 19.4 Å². The quantitative estimate of drug-likeness (QED) is 0.685. The van der Waals surface area contributed by atoms with Crippen molar-refractivity contribution in [2.24, 2.45) is 0 Å². The molecule has 1 aliphatic rings. The van der Waals surface area contributed by atoms with Gasteiger partial charge in [-0.2, -0.15) is 0 Å². The van der Waals surface area contributed by atoms with Gasteiger partial charge in [-0.15, -0.1) is 0 Å². The van der Waals surface area contributed by atoms with E-state index in [-0.39, 0.29) is 0 Å². The van der Waals surface area contributed by atoms with Crippen molar-refractivity contribution in [3.63, 3.8) is 0 Å². The number of hydrogen-bond acceptors (Lipinski definition) is 2. The van der Waals surface area contributed by atoms with Crippen molar-refractivity contribution < 1.29 is 0 Å². The SMILES string of the molecule is C=C(CC)CC(NCC)C1(N(C)C)CCCC1. The number of nitrogens with one attached hydrogen (secondary N) is 1. The van der Waals surface area contributed by atoms with E-state index in [0.29, 0.717) is 11.6 Å². The van der Waals surface area contributed by atoms with E-state index in [9.17, 15) is 0 Å². The zero-order valence-corrected chi connectivity index (χ0v) is 12.2. The molecule has 2 nitrogen and oxygen atoms in total. The van der Waals surface area contributed by atoms with Gasteiger partial charge < -0.3 is 10.2 Å². The van der Waals surface area contributed by atoms with Gasteiger partial charge in [0.05, 0.1) is 0 Å². The second kappa shape index (κ2) is 6.55. The highest BCUT2D eigenvalue weighted by atomic mass is 15.2.